The Hall–Kier alpha value is -0.610. The third-order valence-electron chi connectivity index (χ3n) is 2.28. The second-order valence-corrected chi connectivity index (χ2v) is 5.13. The second kappa shape index (κ2) is 4.10. The van der Waals surface area contributed by atoms with Gasteiger partial charge in [0.25, 0.3) is 0 Å². The van der Waals surface area contributed by atoms with Gasteiger partial charge in [-0.25, -0.2) is 4.39 Å². The zero-order valence-electron chi connectivity index (χ0n) is 7.71. The highest BCUT2D eigenvalue weighted by Gasteiger charge is 2.30. The molecule has 1 unspecified atom stereocenters. The summed E-state index contributed by atoms with van der Waals surface area (Å²) in [5.41, 5.74) is 0.298. The van der Waals surface area contributed by atoms with Gasteiger partial charge in [0.1, 0.15) is 5.82 Å². The zero-order chi connectivity index (χ0) is 11.0. The third kappa shape index (κ3) is 2.16. The number of hydrogen-bond donors (Lipinski definition) is 0. The molecule has 1 heterocycles. The number of amides is 1. The van der Waals surface area contributed by atoms with Crippen LogP contribution in [0.3, 0.4) is 0 Å². The lowest BCUT2D eigenvalue weighted by Crippen LogP contribution is -2.25. The molecular weight excluding hydrogens is 284 g/mol. The summed E-state index contributed by atoms with van der Waals surface area (Å²) in [6.07, 6.45) is 0.405. The number of hydrogen-bond acceptors (Lipinski definition) is 1. The van der Waals surface area contributed by atoms with Crippen LogP contribution in [0.15, 0.2) is 18.2 Å². The van der Waals surface area contributed by atoms with Crippen LogP contribution < -0.4 is 4.90 Å². The molecule has 1 saturated heterocycles. The van der Waals surface area contributed by atoms with Crippen LogP contribution in [0.4, 0.5) is 10.1 Å². The van der Waals surface area contributed by atoms with E-state index in [0.717, 1.165) is 0 Å². The quantitative estimate of drug-likeness (QED) is 0.729. The van der Waals surface area contributed by atoms with E-state index in [2.05, 4.69) is 15.9 Å². The Morgan fingerprint density at radius 2 is 2.27 bits per heavy atom. The van der Waals surface area contributed by atoms with Crippen molar-refractivity contribution in [3.05, 3.63) is 29.0 Å². The minimum atomic E-state index is -0.461. The number of rotatable bonds is 1. The van der Waals surface area contributed by atoms with Gasteiger partial charge in [-0.15, -0.1) is 0 Å². The van der Waals surface area contributed by atoms with Crippen LogP contribution in [-0.2, 0) is 4.79 Å². The zero-order valence-corrected chi connectivity index (χ0v) is 10.1. The molecule has 1 aromatic carbocycles. The average molecular weight is 293 g/mol. The van der Waals surface area contributed by atoms with Crippen molar-refractivity contribution in [3.63, 3.8) is 0 Å². The summed E-state index contributed by atoms with van der Waals surface area (Å²) < 4.78 is 13.5. The molecule has 1 fully saturated rings. The lowest BCUT2D eigenvalue weighted by atomic mass is 10.3. The van der Waals surface area contributed by atoms with Crippen LogP contribution in [-0.4, -0.2) is 17.3 Å². The van der Waals surface area contributed by atoms with Crippen molar-refractivity contribution in [2.24, 2.45) is 0 Å². The van der Waals surface area contributed by atoms with E-state index < -0.39 is 5.82 Å². The topological polar surface area (TPSA) is 20.3 Å². The Kier molecular flexibility index (Phi) is 2.98. The Balaban J connectivity index is 2.34. The largest absolute Gasteiger partial charge is 0.308 e. The van der Waals surface area contributed by atoms with Crippen LogP contribution >= 0.6 is 27.5 Å². The number of alkyl halides is 1. The van der Waals surface area contributed by atoms with Crippen LogP contribution in [0.25, 0.3) is 0 Å². The maximum Gasteiger partial charge on any atom is 0.228 e. The molecule has 1 amide bonds. The number of nitrogens with zero attached hydrogens (tertiary/aromatic N) is 1. The van der Waals surface area contributed by atoms with Crippen molar-refractivity contribution in [3.8, 4) is 0 Å². The summed E-state index contributed by atoms with van der Waals surface area (Å²) in [7, 11) is 0. The molecule has 2 nitrogen and oxygen atoms in total. The van der Waals surface area contributed by atoms with Gasteiger partial charge in [-0.3, -0.25) is 4.79 Å². The first-order chi connectivity index (χ1) is 7.08. The van der Waals surface area contributed by atoms with E-state index in [9.17, 15) is 9.18 Å². The second-order valence-electron chi connectivity index (χ2n) is 3.40. The number of anilines is 1. The standard InChI is InChI=1S/C10H8BrClFNO/c11-6-3-10(15)14(5-6)9-2-1-7(12)4-8(9)13/h1-2,4,6H,3,5H2. The highest BCUT2D eigenvalue weighted by Crippen LogP contribution is 2.28. The Bertz CT molecular complexity index is 412. The Morgan fingerprint density at radius 3 is 2.80 bits per heavy atom. The van der Waals surface area contributed by atoms with Crippen molar-refractivity contribution < 1.29 is 9.18 Å². The van der Waals surface area contributed by atoms with Crippen LogP contribution in [0, 0.1) is 5.82 Å². The fraction of sp³-hybridized carbons (Fsp3) is 0.300. The Morgan fingerprint density at radius 1 is 1.53 bits per heavy atom. The van der Waals surface area contributed by atoms with Crippen molar-refractivity contribution in [1.82, 2.24) is 0 Å². The first kappa shape index (κ1) is 10.9. The molecule has 1 atom stereocenters. The number of benzene rings is 1. The molecule has 0 aromatic heterocycles. The molecule has 15 heavy (non-hydrogen) atoms. The molecule has 0 aliphatic carbocycles. The van der Waals surface area contributed by atoms with Gasteiger partial charge in [-0.05, 0) is 18.2 Å². The molecule has 0 N–H and O–H groups in total. The number of carbonyl (C=O) groups is 1. The van der Waals surface area contributed by atoms with E-state index >= 15 is 0 Å². The van der Waals surface area contributed by atoms with Crippen molar-refractivity contribution >= 4 is 39.1 Å². The fourth-order valence-electron chi connectivity index (χ4n) is 1.60. The molecular formula is C10H8BrClFNO. The van der Waals surface area contributed by atoms with Crippen molar-refractivity contribution in [2.45, 2.75) is 11.2 Å². The lowest BCUT2D eigenvalue weighted by Gasteiger charge is -2.16. The smallest absolute Gasteiger partial charge is 0.228 e. The van der Waals surface area contributed by atoms with E-state index in [1.807, 2.05) is 0 Å². The van der Waals surface area contributed by atoms with Crippen molar-refractivity contribution in [1.29, 1.82) is 0 Å². The molecule has 1 aliphatic rings. The van der Waals surface area contributed by atoms with E-state index in [-0.39, 0.29) is 10.7 Å². The van der Waals surface area contributed by atoms with Gasteiger partial charge in [-0.2, -0.15) is 0 Å². The first-order valence-corrected chi connectivity index (χ1v) is 5.77. The molecule has 1 aliphatic heterocycles. The molecule has 0 spiro atoms. The van der Waals surface area contributed by atoms with Gasteiger partial charge in [0.2, 0.25) is 5.91 Å². The normalized spacial score (nSPS) is 21.1. The minimum Gasteiger partial charge on any atom is -0.308 e. The van der Waals surface area contributed by atoms with Gasteiger partial charge in [0.05, 0.1) is 5.69 Å². The van der Waals surface area contributed by atoms with Gasteiger partial charge in [0.15, 0.2) is 0 Å². The molecule has 5 heteroatoms. The molecule has 80 valence electrons. The van der Waals surface area contributed by atoms with Crippen LogP contribution in [0.1, 0.15) is 6.42 Å². The summed E-state index contributed by atoms with van der Waals surface area (Å²) in [6, 6.07) is 4.32. The Labute approximate surface area is 100 Å². The monoisotopic (exact) mass is 291 g/mol. The minimum absolute atomic E-state index is 0.0712. The summed E-state index contributed by atoms with van der Waals surface area (Å²) in [4.78, 5) is 13.1. The van der Waals surface area contributed by atoms with E-state index in [4.69, 9.17) is 11.6 Å². The van der Waals surface area contributed by atoms with Gasteiger partial charge in [-0.1, -0.05) is 27.5 Å². The number of carbonyl (C=O) groups excluding carboxylic acids is 1. The van der Waals surface area contributed by atoms with Gasteiger partial charge < -0.3 is 4.90 Å². The van der Waals surface area contributed by atoms with E-state index in [1.54, 1.807) is 6.07 Å². The predicted molar refractivity (Wildman–Crippen MR) is 61.1 cm³/mol. The maximum atomic E-state index is 13.5. The molecule has 1 aromatic rings. The summed E-state index contributed by atoms with van der Waals surface area (Å²) >= 11 is 8.98. The average Bonchev–Trinajstić information content (AvgIpc) is 2.45. The molecule has 0 saturated carbocycles. The summed E-state index contributed by atoms with van der Waals surface area (Å²) in [6.45, 7) is 0.497. The molecule has 0 radical (unpaired) electrons. The summed E-state index contributed by atoms with van der Waals surface area (Å²) in [5, 5.41) is 0.332. The van der Waals surface area contributed by atoms with E-state index in [0.29, 0.717) is 23.7 Å². The maximum absolute atomic E-state index is 13.5. The van der Waals surface area contributed by atoms with Crippen LogP contribution in [0.5, 0.6) is 0 Å². The first-order valence-electron chi connectivity index (χ1n) is 4.47. The predicted octanol–water partition coefficient (Wildman–Crippen LogP) is 2.98. The van der Waals surface area contributed by atoms with E-state index in [1.165, 1.54) is 17.0 Å². The molecule has 0 bridgehead atoms. The van der Waals surface area contributed by atoms with Gasteiger partial charge >= 0.3 is 0 Å². The highest BCUT2D eigenvalue weighted by atomic mass is 79.9. The highest BCUT2D eigenvalue weighted by molar-refractivity contribution is 9.09. The van der Waals surface area contributed by atoms with Crippen LogP contribution in [0.2, 0.25) is 5.02 Å². The SMILES string of the molecule is O=C1CC(Br)CN1c1ccc(Cl)cc1F. The number of halogens is 3. The summed E-state index contributed by atoms with van der Waals surface area (Å²) in [5.74, 6) is -0.532. The molecule has 2 rings (SSSR count). The fourth-order valence-corrected chi connectivity index (χ4v) is 2.32. The van der Waals surface area contributed by atoms with Crippen molar-refractivity contribution in [2.75, 3.05) is 11.4 Å². The lowest BCUT2D eigenvalue weighted by molar-refractivity contribution is -0.117. The third-order valence-corrected chi connectivity index (χ3v) is 3.13. The van der Waals surface area contributed by atoms with Gasteiger partial charge in [0, 0.05) is 22.8 Å².